The van der Waals surface area contributed by atoms with Gasteiger partial charge in [-0.25, -0.2) is 4.98 Å². The molecule has 3 N–H and O–H groups in total. The first-order valence-electron chi connectivity index (χ1n) is 8.36. The number of aromatic nitrogens is 4. The molecule has 5 aromatic rings. The van der Waals surface area contributed by atoms with E-state index in [0.29, 0.717) is 23.7 Å². The average molecular weight is 341 g/mol. The topological polar surface area (TPSA) is 86.5 Å². The number of nitrogens with zero attached hydrogens (tertiary/aromatic N) is 2. The summed E-state index contributed by atoms with van der Waals surface area (Å²) in [6, 6.07) is 18.8. The van der Waals surface area contributed by atoms with Crippen LogP contribution in [0.4, 0.5) is 5.95 Å². The lowest BCUT2D eigenvalue weighted by Gasteiger charge is -2.12. The minimum Gasteiger partial charge on any atom is -0.352 e. The average Bonchev–Trinajstić information content (AvgIpc) is 3.14. The van der Waals surface area contributed by atoms with Crippen LogP contribution in [0.5, 0.6) is 0 Å². The van der Waals surface area contributed by atoms with Gasteiger partial charge in [-0.05, 0) is 33.2 Å². The quantitative estimate of drug-likeness (QED) is 0.438. The van der Waals surface area contributed by atoms with E-state index in [1.54, 1.807) is 0 Å². The molecule has 0 amide bonds. The van der Waals surface area contributed by atoms with Gasteiger partial charge in [0.15, 0.2) is 11.2 Å². The highest BCUT2D eigenvalue weighted by atomic mass is 16.1. The van der Waals surface area contributed by atoms with Crippen molar-refractivity contribution in [2.75, 3.05) is 5.32 Å². The van der Waals surface area contributed by atoms with Gasteiger partial charge in [0.2, 0.25) is 5.95 Å². The molecule has 0 fully saturated rings. The van der Waals surface area contributed by atoms with Crippen molar-refractivity contribution in [1.29, 1.82) is 0 Å². The zero-order valence-corrected chi connectivity index (χ0v) is 13.8. The number of benzene rings is 3. The van der Waals surface area contributed by atoms with Crippen LogP contribution in [0.3, 0.4) is 0 Å². The van der Waals surface area contributed by atoms with Crippen LogP contribution in [0.25, 0.3) is 32.7 Å². The lowest BCUT2D eigenvalue weighted by atomic mass is 9.97. The van der Waals surface area contributed by atoms with E-state index in [0.717, 1.165) is 0 Å². The third-order valence-electron chi connectivity index (χ3n) is 4.61. The minimum absolute atomic E-state index is 0.238. The van der Waals surface area contributed by atoms with Gasteiger partial charge in [-0.2, -0.15) is 4.98 Å². The highest BCUT2D eigenvalue weighted by molar-refractivity contribution is 6.02. The standard InChI is InChI=1S/C20H15N5O/c26-19-17-18(23-11-22-17)24-20(25-19)21-10-16-14-7-3-1-5-12(14)9-13-6-2-4-8-15(13)16/h1-9,11H,10H2,(H3,21,22,23,24,25,26). The molecule has 0 saturated carbocycles. The molecule has 0 aliphatic rings. The van der Waals surface area contributed by atoms with Gasteiger partial charge in [-0.1, -0.05) is 48.5 Å². The molecule has 0 aliphatic heterocycles. The summed E-state index contributed by atoms with van der Waals surface area (Å²) in [6.45, 7) is 0.542. The Morgan fingerprint density at radius 1 is 0.962 bits per heavy atom. The first kappa shape index (κ1) is 14.7. The maximum atomic E-state index is 12.1. The number of nitrogens with one attached hydrogen (secondary N) is 3. The third-order valence-corrected chi connectivity index (χ3v) is 4.61. The van der Waals surface area contributed by atoms with Gasteiger partial charge in [0.25, 0.3) is 5.56 Å². The molecule has 0 aliphatic carbocycles. The molecular weight excluding hydrogens is 326 g/mol. The van der Waals surface area contributed by atoms with Crippen molar-refractivity contribution >= 4 is 38.7 Å². The highest BCUT2D eigenvalue weighted by Gasteiger charge is 2.09. The lowest BCUT2D eigenvalue weighted by Crippen LogP contribution is -2.13. The second kappa shape index (κ2) is 5.70. The maximum absolute atomic E-state index is 12.1. The summed E-state index contributed by atoms with van der Waals surface area (Å²) in [5, 5.41) is 7.99. The smallest absolute Gasteiger partial charge is 0.278 e. The van der Waals surface area contributed by atoms with E-state index in [1.165, 1.54) is 33.4 Å². The molecule has 5 rings (SSSR count). The van der Waals surface area contributed by atoms with E-state index in [4.69, 9.17) is 0 Å². The van der Waals surface area contributed by atoms with E-state index in [9.17, 15) is 4.79 Å². The Bertz CT molecular complexity index is 1260. The van der Waals surface area contributed by atoms with Crippen molar-refractivity contribution in [3.05, 3.63) is 76.8 Å². The summed E-state index contributed by atoms with van der Waals surface area (Å²) in [5.74, 6) is 0.409. The van der Waals surface area contributed by atoms with Crippen molar-refractivity contribution in [3.8, 4) is 0 Å². The summed E-state index contributed by atoms with van der Waals surface area (Å²) in [4.78, 5) is 26.1. The molecule has 0 atom stereocenters. The zero-order valence-electron chi connectivity index (χ0n) is 13.8. The van der Waals surface area contributed by atoms with Gasteiger partial charge in [0.1, 0.15) is 0 Å². The summed E-state index contributed by atoms with van der Waals surface area (Å²) < 4.78 is 0. The number of rotatable bonds is 3. The van der Waals surface area contributed by atoms with Crippen LogP contribution >= 0.6 is 0 Å². The third kappa shape index (κ3) is 2.31. The van der Waals surface area contributed by atoms with Gasteiger partial charge in [0.05, 0.1) is 6.33 Å². The van der Waals surface area contributed by atoms with Crippen molar-refractivity contribution in [3.63, 3.8) is 0 Å². The molecule has 126 valence electrons. The molecule has 0 saturated heterocycles. The number of aromatic amines is 2. The monoisotopic (exact) mass is 341 g/mol. The fourth-order valence-corrected chi connectivity index (χ4v) is 3.40. The number of H-pyrrole nitrogens is 2. The Kier molecular flexibility index (Phi) is 3.21. The summed E-state index contributed by atoms with van der Waals surface area (Å²) in [7, 11) is 0. The van der Waals surface area contributed by atoms with Crippen molar-refractivity contribution in [1.82, 2.24) is 19.9 Å². The Hall–Kier alpha value is -3.67. The number of hydrogen-bond acceptors (Lipinski definition) is 4. The van der Waals surface area contributed by atoms with E-state index >= 15 is 0 Å². The van der Waals surface area contributed by atoms with Crippen LogP contribution < -0.4 is 10.9 Å². The Balaban J connectivity index is 1.62. The highest BCUT2D eigenvalue weighted by Crippen LogP contribution is 2.28. The second-order valence-corrected chi connectivity index (χ2v) is 6.17. The number of hydrogen-bond donors (Lipinski definition) is 3. The van der Waals surface area contributed by atoms with Crippen LogP contribution in [-0.2, 0) is 6.54 Å². The van der Waals surface area contributed by atoms with Gasteiger partial charge in [0, 0.05) is 6.54 Å². The zero-order chi connectivity index (χ0) is 17.5. The molecule has 0 spiro atoms. The maximum Gasteiger partial charge on any atom is 0.278 e. The molecule has 3 aromatic carbocycles. The molecule has 2 aromatic heterocycles. The van der Waals surface area contributed by atoms with Crippen molar-refractivity contribution in [2.24, 2.45) is 0 Å². The van der Waals surface area contributed by atoms with E-state index in [1.807, 2.05) is 24.3 Å². The van der Waals surface area contributed by atoms with Crippen LogP contribution in [-0.4, -0.2) is 19.9 Å². The normalized spacial score (nSPS) is 11.4. The van der Waals surface area contributed by atoms with Gasteiger partial charge >= 0.3 is 0 Å². The predicted molar refractivity (Wildman–Crippen MR) is 103 cm³/mol. The van der Waals surface area contributed by atoms with Gasteiger partial charge in [-0.15, -0.1) is 0 Å². The molecule has 26 heavy (non-hydrogen) atoms. The summed E-state index contributed by atoms with van der Waals surface area (Å²) in [5.41, 5.74) is 1.71. The fraction of sp³-hybridized carbons (Fsp3) is 0.0500. The van der Waals surface area contributed by atoms with E-state index in [2.05, 4.69) is 55.6 Å². The van der Waals surface area contributed by atoms with E-state index in [-0.39, 0.29) is 5.56 Å². The van der Waals surface area contributed by atoms with Crippen LogP contribution in [0.1, 0.15) is 5.56 Å². The summed E-state index contributed by atoms with van der Waals surface area (Å²) in [6.07, 6.45) is 1.47. The molecule has 6 nitrogen and oxygen atoms in total. The SMILES string of the molecule is O=c1[nH]c(NCc2c3ccccc3cc3ccccc23)nc2nc[nH]c12. The molecule has 0 radical (unpaired) electrons. The largest absolute Gasteiger partial charge is 0.352 e. The summed E-state index contributed by atoms with van der Waals surface area (Å²) >= 11 is 0. The number of fused-ring (bicyclic) bond motifs is 3. The second-order valence-electron chi connectivity index (χ2n) is 6.17. The van der Waals surface area contributed by atoms with Crippen molar-refractivity contribution in [2.45, 2.75) is 6.54 Å². The van der Waals surface area contributed by atoms with Crippen molar-refractivity contribution < 1.29 is 0 Å². The molecule has 2 heterocycles. The molecular formula is C20H15N5O. The van der Waals surface area contributed by atoms with Crippen LogP contribution in [0.2, 0.25) is 0 Å². The number of anilines is 1. The predicted octanol–water partition coefficient (Wildman–Crippen LogP) is 3.56. The lowest BCUT2D eigenvalue weighted by molar-refractivity contribution is 1.06. The van der Waals surface area contributed by atoms with Gasteiger partial charge < -0.3 is 10.3 Å². The first-order valence-corrected chi connectivity index (χ1v) is 8.36. The van der Waals surface area contributed by atoms with Crippen LogP contribution in [0, 0.1) is 0 Å². The molecule has 0 unspecified atom stereocenters. The first-order chi connectivity index (χ1) is 12.8. The Labute approximate surface area is 147 Å². The fourth-order valence-electron chi connectivity index (χ4n) is 3.40. The molecule has 0 bridgehead atoms. The Morgan fingerprint density at radius 3 is 2.38 bits per heavy atom. The Morgan fingerprint density at radius 2 is 1.65 bits per heavy atom. The number of imidazole rings is 1. The minimum atomic E-state index is -0.238. The van der Waals surface area contributed by atoms with E-state index < -0.39 is 0 Å². The van der Waals surface area contributed by atoms with Gasteiger partial charge in [-0.3, -0.25) is 9.78 Å². The van der Waals surface area contributed by atoms with Crippen LogP contribution in [0.15, 0.2) is 65.7 Å². The molecule has 6 heteroatoms.